The number of nitrogens with zero attached hydrogens (tertiary/aromatic N) is 1. The van der Waals surface area contributed by atoms with E-state index in [4.69, 9.17) is 13.3 Å². The van der Waals surface area contributed by atoms with Crippen LogP contribution >= 0.6 is 91.9 Å². The van der Waals surface area contributed by atoms with Crippen molar-refractivity contribution in [3.63, 3.8) is 0 Å². The highest BCUT2D eigenvalue weighted by molar-refractivity contribution is 9.48. The van der Waals surface area contributed by atoms with E-state index >= 15 is 0 Å². The molecule has 0 N–H and O–H groups in total. The summed E-state index contributed by atoms with van der Waals surface area (Å²) in [7, 11) is 16.8. The van der Waals surface area contributed by atoms with Gasteiger partial charge >= 0.3 is 8.80 Å². The highest BCUT2D eigenvalue weighted by Gasteiger charge is 2.36. The molecule has 1 aromatic heterocycles. The van der Waals surface area contributed by atoms with E-state index < -0.39 is 8.80 Å². The molecular formula is C19H23NO3S9Si. The van der Waals surface area contributed by atoms with Crippen molar-refractivity contribution >= 4 is 111 Å². The Balaban J connectivity index is 1.30. The number of rotatable bonds is 16. The lowest BCUT2D eigenvalue weighted by molar-refractivity contribution is 0.123. The Hall–Kier alpha value is 1.23. The van der Waals surface area contributed by atoms with Crippen molar-refractivity contribution in [2.45, 2.75) is 28.1 Å². The van der Waals surface area contributed by atoms with Gasteiger partial charge in [-0.3, -0.25) is 0 Å². The summed E-state index contributed by atoms with van der Waals surface area (Å²) in [6.07, 6.45) is 1.96. The molecule has 2 aromatic carbocycles. The van der Waals surface area contributed by atoms with E-state index in [1.54, 1.807) is 102 Å². The van der Waals surface area contributed by atoms with Crippen LogP contribution in [-0.2, 0) is 19.7 Å². The van der Waals surface area contributed by atoms with E-state index in [-0.39, 0.29) is 0 Å². The van der Waals surface area contributed by atoms with Crippen LogP contribution in [0.15, 0.2) is 57.8 Å². The lowest BCUT2D eigenvalue weighted by atomic mass is 10.1. The van der Waals surface area contributed by atoms with Gasteiger partial charge in [-0.2, -0.15) is 0 Å². The van der Waals surface area contributed by atoms with Crippen molar-refractivity contribution in [1.82, 2.24) is 4.98 Å². The largest absolute Gasteiger partial charge is 0.500 e. The maximum atomic E-state index is 5.53. The van der Waals surface area contributed by atoms with Crippen LogP contribution in [-0.4, -0.2) is 35.1 Å². The number of benzene rings is 2. The first-order valence-corrected chi connectivity index (χ1v) is 22.5. The maximum absolute atomic E-state index is 5.53. The number of hydrogen-bond donors (Lipinski definition) is 0. The molecule has 1 heterocycles. The fourth-order valence-corrected chi connectivity index (χ4v) is 22.8. The van der Waals surface area contributed by atoms with Gasteiger partial charge in [0.15, 0.2) is 4.34 Å². The minimum absolute atomic E-state index is 0.813. The molecule has 3 aromatic rings. The molecule has 0 aliphatic rings. The maximum Gasteiger partial charge on any atom is 0.500 e. The number of thiazole rings is 1. The minimum Gasteiger partial charge on any atom is -0.377 e. The second-order valence-electron chi connectivity index (χ2n) is 6.28. The Morgan fingerprint density at radius 1 is 0.788 bits per heavy atom. The molecule has 0 fully saturated rings. The van der Waals surface area contributed by atoms with Crippen LogP contribution in [0.1, 0.15) is 12.0 Å². The molecule has 0 aliphatic heterocycles. The molecule has 3 rings (SSSR count). The lowest BCUT2D eigenvalue weighted by Gasteiger charge is -2.24. The first-order valence-electron chi connectivity index (χ1n) is 9.63. The molecular weight excluding hydrogens is 607 g/mol. The quantitative estimate of drug-likeness (QED) is 0.0860. The van der Waals surface area contributed by atoms with Crippen molar-refractivity contribution in [1.29, 1.82) is 0 Å². The van der Waals surface area contributed by atoms with Crippen LogP contribution in [0.25, 0.3) is 10.2 Å². The Kier molecular flexibility index (Phi) is 14.1. The Morgan fingerprint density at radius 2 is 1.42 bits per heavy atom. The molecule has 33 heavy (non-hydrogen) atoms. The molecule has 4 nitrogen and oxygen atoms in total. The second kappa shape index (κ2) is 16.1. The SMILES string of the molecule is CO[Si](CCCc1ccccc1SSSSSSSSc1nc2ccccc2s1)(OC)OC. The van der Waals surface area contributed by atoms with Gasteiger partial charge in [0, 0.05) is 32.3 Å². The van der Waals surface area contributed by atoms with Crippen LogP contribution in [0.5, 0.6) is 0 Å². The van der Waals surface area contributed by atoms with Gasteiger partial charge in [-0.15, -0.1) is 11.3 Å². The zero-order chi connectivity index (χ0) is 23.4. The monoisotopic (exact) mass is 629 g/mol. The first-order chi connectivity index (χ1) is 16.2. The van der Waals surface area contributed by atoms with Crippen molar-refractivity contribution in [2.24, 2.45) is 0 Å². The van der Waals surface area contributed by atoms with E-state index in [2.05, 4.69) is 47.4 Å². The van der Waals surface area contributed by atoms with Gasteiger partial charge in [-0.05, 0) is 117 Å². The van der Waals surface area contributed by atoms with Gasteiger partial charge < -0.3 is 13.3 Å². The van der Waals surface area contributed by atoms with Gasteiger partial charge in [0.25, 0.3) is 0 Å². The normalized spacial score (nSPS) is 12.0. The molecule has 0 bridgehead atoms. The number of hydrogen-bond acceptors (Lipinski definition) is 13. The Morgan fingerprint density at radius 3 is 2.15 bits per heavy atom. The van der Waals surface area contributed by atoms with Crippen LogP contribution in [0.3, 0.4) is 0 Å². The van der Waals surface area contributed by atoms with Crippen LogP contribution in [0, 0.1) is 0 Å². The van der Waals surface area contributed by atoms with Crippen molar-refractivity contribution in [3.8, 4) is 0 Å². The summed E-state index contributed by atoms with van der Waals surface area (Å²) in [4.78, 5) is 5.96. The predicted molar refractivity (Wildman–Crippen MR) is 163 cm³/mol. The summed E-state index contributed by atoms with van der Waals surface area (Å²) in [5.41, 5.74) is 2.44. The van der Waals surface area contributed by atoms with E-state index in [1.165, 1.54) is 15.2 Å². The Bertz CT molecular complexity index is 935. The van der Waals surface area contributed by atoms with Crippen LogP contribution < -0.4 is 0 Å². The molecule has 0 unspecified atom stereocenters. The molecule has 0 radical (unpaired) electrons. The zero-order valence-electron chi connectivity index (χ0n) is 18.1. The van der Waals surface area contributed by atoms with Crippen molar-refractivity contribution in [3.05, 3.63) is 54.1 Å². The molecule has 14 heteroatoms. The molecule has 0 aliphatic carbocycles. The summed E-state index contributed by atoms with van der Waals surface area (Å²) in [5, 5.41) is 0. The molecule has 0 amide bonds. The fourth-order valence-electron chi connectivity index (χ4n) is 2.87. The zero-order valence-corrected chi connectivity index (χ0v) is 26.4. The predicted octanol–water partition coefficient (Wildman–Crippen LogP) is 9.80. The van der Waals surface area contributed by atoms with E-state index in [9.17, 15) is 0 Å². The smallest absolute Gasteiger partial charge is 0.377 e. The van der Waals surface area contributed by atoms with E-state index in [1.807, 2.05) is 16.9 Å². The average Bonchev–Trinajstić information content (AvgIpc) is 3.27. The fraction of sp³-hybridized carbons (Fsp3) is 0.316. The third kappa shape index (κ3) is 9.56. The molecule has 0 saturated carbocycles. The minimum atomic E-state index is -2.50. The summed E-state index contributed by atoms with van der Waals surface area (Å²) >= 11 is 1.75. The highest BCUT2D eigenvalue weighted by atomic mass is 34.0. The van der Waals surface area contributed by atoms with Crippen molar-refractivity contribution in [2.75, 3.05) is 21.3 Å². The third-order valence-corrected chi connectivity index (χ3v) is 23.7. The second-order valence-corrected chi connectivity index (χ2v) is 23.4. The topological polar surface area (TPSA) is 40.6 Å². The molecule has 0 atom stereocenters. The summed E-state index contributed by atoms with van der Waals surface area (Å²) in [6.45, 7) is 0. The average molecular weight is 630 g/mol. The number of fused-ring (bicyclic) bond motifs is 1. The van der Waals surface area contributed by atoms with Crippen LogP contribution in [0.2, 0.25) is 6.04 Å². The molecule has 180 valence electrons. The highest BCUT2D eigenvalue weighted by Crippen LogP contribution is 2.59. The van der Waals surface area contributed by atoms with E-state index in [0.29, 0.717) is 0 Å². The van der Waals surface area contributed by atoms with Gasteiger partial charge in [-0.25, -0.2) is 4.98 Å². The van der Waals surface area contributed by atoms with Crippen molar-refractivity contribution < 1.29 is 13.3 Å². The van der Waals surface area contributed by atoms with Gasteiger partial charge in [0.05, 0.1) is 10.2 Å². The van der Waals surface area contributed by atoms with Gasteiger partial charge in [0.2, 0.25) is 0 Å². The molecule has 0 saturated heterocycles. The summed E-state index contributed by atoms with van der Waals surface area (Å²) < 4.78 is 18.9. The summed E-state index contributed by atoms with van der Waals surface area (Å²) in [5.74, 6) is 0. The standard InChI is InChI=1S/C19H23NO3S9Si/c1-21-33(22-2,23-3)14-8-10-15-9-4-6-12-17(15)25-27-29-31-32-30-28-26-19-20-16-11-5-7-13-18(16)24-19/h4-7,9,11-13H,8,10,14H2,1-3H3. The number of para-hydroxylation sites is 1. The van der Waals surface area contributed by atoms with Gasteiger partial charge in [-0.1, -0.05) is 30.3 Å². The van der Waals surface area contributed by atoms with Gasteiger partial charge in [0.1, 0.15) is 0 Å². The third-order valence-electron chi connectivity index (χ3n) is 4.48. The van der Waals surface area contributed by atoms with E-state index in [0.717, 1.165) is 28.7 Å². The Labute approximate surface area is 230 Å². The number of aromatic nitrogens is 1. The number of aryl methyl sites for hydroxylation is 1. The van der Waals surface area contributed by atoms with Crippen LogP contribution in [0.4, 0.5) is 0 Å². The molecule has 0 spiro atoms. The first kappa shape index (κ1) is 28.8. The summed E-state index contributed by atoms with van der Waals surface area (Å²) in [6, 6.07) is 17.7. The lowest BCUT2D eigenvalue weighted by Crippen LogP contribution is -2.42.